The Morgan fingerprint density at radius 1 is 0.795 bits per heavy atom. The number of nitrogens with one attached hydrogen (secondary N) is 2. The average Bonchev–Trinajstić information content (AvgIpc) is 1.26. The lowest BCUT2D eigenvalue weighted by Crippen LogP contribution is -2.88. The van der Waals surface area contributed by atoms with Crippen molar-refractivity contribution >= 4 is 39.4 Å². The summed E-state index contributed by atoms with van der Waals surface area (Å²) in [6.07, 6.45) is 20.3. The molecular formula is C72H82N2O12S2. The van der Waals surface area contributed by atoms with Gasteiger partial charge in [-0.3, -0.25) is 9.59 Å². The highest BCUT2D eigenvalue weighted by molar-refractivity contribution is 8.76. The van der Waals surface area contributed by atoms with Crippen molar-refractivity contribution in [2.24, 2.45) is 79.8 Å². The number of phenols is 1. The van der Waals surface area contributed by atoms with Gasteiger partial charge in [0.25, 0.3) is 0 Å². The van der Waals surface area contributed by atoms with Gasteiger partial charge in [0, 0.05) is 41.5 Å². The Kier molecular flexibility index (Phi) is 12.7. The highest BCUT2D eigenvalue weighted by Crippen LogP contribution is 2.83. The molecule has 18 atom stereocenters. The van der Waals surface area contributed by atoms with Gasteiger partial charge in [-0.2, -0.15) is 0 Å². The van der Waals surface area contributed by atoms with Crippen molar-refractivity contribution in [3.63, 3.8) is 0 Å². The average molecular weight is 1230 g/mol. The maximum absolute atomic E-state index is 16.0. The fourth-order valence-electron chi connectivity index (χ4n) is 24.4. The van der Waals surface area contributed by atoms with Gasteiger partial charge in [0.15, 0.2) is 17.7 Å². The minimum absolute atomic E-state index is 0.0144. The van der Waals surface area contributed by atoms with Crippen LogP contribution in [0, 0.1) is 79.8 Å². The molecule has 7 spiro atoms. The van der Waals surface area contributed by atoms with Crippen LogP contribution in [0.15, 0.2) is 113 Å². The number of benzene rings is 3. The number of carbonyl (C=O) groups is 3. The standard InChI is InChI=1S/C72H82N2O12S2/c75-32-42-8-3-6-40(18-42)19-43-22-54-59(80)49-10-5-11-55-58(49)61(81)69(54,56(79)23-43)38-87-88-39-74-57-26-53-51(31-73-57)45-24-46-30-65(36-68(46,53)60-50(25-45)52-12-15-71(85-55)63(83)72(60,84)62(82)70(52,37-77)86-71)34-64(29-47(65)33-76)16-17-67(35-64)28-44(27-66(67)13-1-2-14-66)20-41-7-4-9-48(78)21-41/h3-11,18,21-23,26,33,44-47,50,52,54,60,62-63,73-75,77-79,82-84H,1-2,12-17,19-20,24-25,27-32,34-39H2/t44-,45-,46+,47-,50+,52-,54+,60+,62+,63-,64+,65+,67+,68-,69-,70-,71+,72-/m0/s1. The number of carbonyl (C=O) groups excluding carboxylic acids is 3. The molecule has 0 radical (unpaired) electrons. The van der Waals surface area contributed by atoms with Gasteiger partial charge in [0.05, 0.1) is 36.4 Å². The zero-order valence-electron chi connectivity index (χ0n) is 49.9. The Hall–Kier alpha value is -4.91. The van der Waals surface area contributed by atoms with Crippen LogP contribution < -0.4 is 15.4 Å². The summed E-state index contributed by atoms with van der Waals surface area (Å²) in [6.45, 7) is -0.269. The summed E-state index contributed by atoms with van der Waals surface area (Å²) in [4.78, 5) is 45.8. The fourth-order valence-corrected chi connectivity index (χ4v) is 26.7. The molecule has 9 fully saturated rings. The van der Waals surface area contributed by atoms with Crippen molar-refractivity contribution in [2.75, 3.05) is 24.8 Å². The number of aliphatic hydroxyl groups is 6. The molecule has 0 unspecified atom stereocenters. The molecule has 11 aliphatic carbocycles. The Morgan fingerprint density at radius 2 is 1.60 bits per heavy atom. The molecular weight excluding hydrogens is 1150 g/mol. The second-order valence-electron chi connectivity index (χ2n) is 30.8. The van der Waals surface area contributed by atoms with Gasteiger partial charge in [-0.05, 0) is 218 Å². The van der Waals surface area contributed by atoms with Crippen LogP contribution >= 0.6 is 21.6 Å². The molecule has 4 heterocycles. The number of hydrogen-bond donors (Lipinski definition) is 9. The Balaban J connectivity index is 0.778. The monoisotopic (exact) mass is 1230 g/mol. The zero-order valence-corrected chi connectivity index (χ0v) is 51.5. The fraction of sp³-hybridized carbons (Fsp3) is 0.597. The third-order valence-corrected chi connectivity index (χ3v) is 29.4. The number of ether oxygens (including phenoxy) is 2. The number of phenolic OH excluding ortho intramolecular Hbond substituents is 1. The number of rotatable bonds is 7. The summed E-state index contributed by atoms with van der Waals surface area (Å²) < 4.78 is 14.4. The molecule has 10 bridgehead atoms. The van der Waals surface area contributed by atoms with Crippen molar-refractivity contribution in [3.8, 4) is 11.5 Å². The first kappa shape index (κ1) is 57.0. The zero-order chi connectivity index (χ0) is 60.2. The van der Waals surface area contributed by atoms with E-state index in [1.165, 1.54) is 77.5 Å². The van der Waals surface area contributed by atoms with Crippen LogP contribution in [0.25, 0.3) is 0 Å². The quantitative estimate of drug-likeness (QED) is 0.0791. The topological polar surface area (TPSA) is 235 Å². The minimum Gasteiger partial charge on any atom is -0.511 e. The predicted molar refractivity (Wildman–Crippen MR) is 331 cm³/mol. The predicted octanol–water partition coefficient (Wildman–Crippen LogP) is 9.90. The van der Waals surface area contributed by atoms with Crippen LogP contribution in [0.2, 0.25) is 0 Å². The Bertz CT molecular complexity index is 3630. The molecule has 0 amide bonds. The van der Waals surface area contributed by atoms with Gasteiger partial charge in [0.1, 0.15) is 46.3 Å². The number of aldehydes is 1. The molecule has 18 rings (SSSR count). The number of allylic oxidation sites excluding steroid dienone is 6. The van der Waals surface area contributed by atoms with Crippen LogP contribution in [0.4, 0.5) is 0 Å². The summed E-state index contributed by atoms with van der Waals surface area (Å²) in [5.74, 6) is -4.17. The van der Waals surface area contributed by atoms with Crippen molar-refractivity contribution in [1.82, 2.24) is 10.6 Å². The molecule has 3 aromatic rings. The largest absolute Gasteiger partial charge is 0.511 e. The molecule has 464 valence electrons. The molecule has 16 heteroatoms. The van der Waals surface area contributed by atoms with Crippen LogP contribution in [0.5, 0.6) is 11.5 Å². The Labute approximate surface area is 521 Å². The van der Waals surface area contributed by atoms with Gasteiger partial charge in [0.2, 0.25) is 5.79 Å². The normalized spacial score (nSPS) is 44.4. The number of hydrogen-bond acceptors (Lipinski definition) is 16. The van der Waals surface area contributed by atoms with E-state index in [-0.39, 0.29) is 81.3 Å². The van der Waals surface area contributed by atoms with E-state index in [0.29, 0.717) is 55.3 Å². The SMILES string of the molecule is O=C[C@@H]1C[C@]2(CC[C@@]3(C[C@@H](Cc4cccc(O)c4)CC34CCCC4)C2)C[C@@]12C[C@H]1C[C@H]3C[C@H]4[C@@H]5[C@]1(C2)C1=C3CNC(=C1)NCSSC[C@]12C(=O)c3c(cccc3C(=O)[C@H]1C=C(Cc1cccc(CO)c1)C=C2O)O[C@]12CC[C@@H]4[C@](CO)(O1)[C@@H](O)[C@]5(O)[C@H]2O. The lowest BCUT2D eigenvalue weighted by atomic mass is 9.42. The van der Waals surface area contributed by atoms with E-state index in [4.69, 9.17) is 9.47 Å². The minimum atomic E-state index is -2.36. The van der Waals surface area contributed by atoms with Crippen molar-refractivity contribution < 1.29 is 59.6 Å². The van der Waals surface area contributed by atoms with Gasteiger partial charge >= 0.3 is 0 Å². The van der Waals surface area contributed by atoms with Gasteiger partial charge in [-0.25, -0.2) is 0 Å². The van der Waals surface area contributed by atoms with Crippen LogP contribution in [-0.2, 0) is 29.0 Å². The number of fused-ring (bicyclic) bond motifs is 1. The van der Waals surface area contributed by atoms with Crippen LogP contribution in [0.3, 0.4) is 0 Å². The van der Waals surface area contributed by atoms with Crippen molar-refractivity contribution in [1.29, 1.82) is 0 Å². The van der Waals surface area contributed by atoms with E-state index in [0.717, 1.165) is 73.9 Å². The molecule has 4 aliphatic heterocycles. The third kappa shape index (κ3) is 7.46. The summed E-state index contributed by atoms with van der Waals surface area (Å²) in [6, 6.07) is 20.1. The van der Waals surface area contributed by atoms with E-state index < -0.39 is 81.4 Å². The number of dihydropyridines is 1. The molecule has 3 aromatic carbocycles. The second-order valence-corrected chi connectivity index (χ2v) is 33.2. The number of ketones is 2. The van der Waals surface area contributed by atoms with Crippen LogP contribution in [0.1, 0.15) is 147 Å². The molecule has 2 saturated heterocycles. The lowest BCUT2D eigenvalue weighted by Gasteiger charge is -2.72. The molecule has 15 aliphatic rings. The first-order chi connectivity index (χ1) is 42.4. The molecule has 7 saturated carbocycles. The number of aliphatic hydroxyl groups excluding tert-OH is 5. The van der Waals surface area contributed by atoms with E-state index in [9.17, 15) is 40.5 Å². The highest BCUT2D eigenvalue weighted by atomic mass is 33.1. The maximum Gasteiger partial charge on any atom is 0.240 e. The Morgan fingerprint density at radius 3 is 2.42 bits per heavy atom. The summed E-state index contributed by atoms with van der Waals surface area (Å²) in [5, 5.41) is 94.5. The first-order valence-corrected chi connectivity index (χ1v) is 35.5. The van der Waals surface area contributed by atoms with Crippen LogP contribution in [-0.4, -0.2) is 108 Å². The summed E-state index contributed by atoms with van der Waals surface area (Å²) >= 11 is 0. The molecule has 9 N–H and O–H groups in total. The van der Waals surface area contributed by atoms with Crippen molar-refractivity contribution in [3.05, 3.63) is 141 Å². The smallest absolute Gasteiger partial charge is 0.240 e. The third-order valence-electron chi connectivity index (χ3n) is 27.2. The molecule has 0 aromatic heterocycles. The van der Waals surface area contributed by atoms with Gasteiger partial charge in [-0.1, -0.05) is 89.0 Å². The van der Waals surface area contributed by atoms with E-state index in [2.05, 4.69) is 22.8 Å². The van der Waals surface area contributed by atoms with E-state index >= 15 is 9.59 Å². The van der Waals surface area contributed by atoms with Gasteiger partial charge in [-0.15, -0.1) is 0 Å². The number of aromatic hydroxyl groups is 1. The molecule has 88 heavy (non-hydrogen) atoms. The summed E-state index contributed by atoms with van der Waals surface area (Å²) in [5.41, 5.74) is -0.899. The number of Topliss-reactive ketones (excluding diaryl/α,β-unsaturated/α-hetero) is 2. The van der Waals surface area contributed by atoms with E-state index in [1.54, 1.807) is 36.4 Å². The van der Waals surface area contributed by atoms with Gasteiger partial charge < -0.3 is 60.6 Å². The lowest BCUT2D eigenvalue weighted by molar-refractivity contribution is -0.461. The first-order valence-electron chi connectivity index (χ1n) is 33.0. The highest BCUT2D eigenvalue weighted by Gasteiger charge is 2.85. The van der Waals surface area contributed by atoms with Crippen molar-refractivity contribution in [2.45, 2.75) is 158 Å². The maximum atomic E-state index is 16.0. The second kappa shape index (κ2) is 19.6. The summed E-state index contributed by atoms with van der Waals surface area (Å²) in [7, 11) is 2.88. The van der Waals surface area contributed by atoms with E-state index in [1.807, 2.05) is 36.4 Å². The molecule has 14 nitrogen and oxygen atoms in total.